The molecule has 0 fully saturated rings. The Morgan fingerprint density at radius 3 is 2.10 bits per heavy atom. The molecule has 2 rings (SSSR count). The Hall–Kier alpha value is -2.85. The number of amidine groups is 1. The molecule has 0 saturated carbocycles. The number of rotatable bonds is 3. The summed E-state index contributed by atoms with van der Waals surface area (Å²) in [7, 11) is -4.15. The van der Waals surface area contributed by atoms with Gasteiger partial charge in [0.05, 0.1) is 4.90 Å². The average Bonchev–Trinajstić information content (AvgIpc) is 2.49. The van der Waals surface area contributed by atoms with Crippen LogP contribution in [0.15, 0.2) is 65.6 Å². The fourth-order valence-corrected chi connectivity index (χ4v) is 2.62. The van der Waals surface area contributed by atoms with Gasteiger partial charge in [0.25, 0.3) is 10.0 Å². The minimum atomic E-state index is -4.15. The zero-order valence-corrected chi connectivity index (χ0v) is 11.6. The molecule has 0 amide bonds. The molecular weight excluding hydrogens is 290 g/mol. The van der Waals surface area contributed by atoms with E-state index >= 15 is 0 Å². The Balaban J connectivity index is 2.28. The second-order valence-electron chi connectivity index (χ2n) is 3.90. The van der Waals surface area contributed by atoms with Crippen LogP contribution in [0.5, 0.6) is 5.75 Å². The van der Waals surface area contributed by atoms with Crippen LogP contribution in [0.3, 0.4) is 0 Å². The predicted molar refractivity (Wildman–Crippen MR) is 75.9 cm³/mol. The highest BCUT2D eigenvalue weighted by molar-refractivity contribution is 7.89. The Bertz CT molecular complexity index is 768. The van der Waals surface area contributed by atoms with Crippen LogP contribution in [0.1, 0.15) is 0 Å². The lowest BCUT2D eigenvalue weighted by molar-refractivity contribution is 0.473. The van der Waals surface area contributed by atoms with Gasteiger partial charge in [-0.1, -0.05) is 36.4 Å². The zero-order valence-electron chi connectivity index (χ0n) is 10.8. The number of nitriles is 1. The molecule has 0 aliphatic carbocycles. The SMILES string of the molecule is N#CN(C(=N)Oc1ccccc1)S(=O)(=O)c1ccccc1. The summed E-state index contributed by atoms with van der Waals surface area (Å²) < 4.78 is 29.9. The lowest BCUT2D eigenvalue weighted by Gasteiger charge is -2.16. The standard InChI is InChI=1S/C14H11N3O3S/c15-11-17(14(16)20-12-7-3-1-4-8-12)21(18,19)13-9-5-2-6-10-13/h1-10,16H. The molecule has 1 N–H and O–H groups in total. The first-order valence-corrected chi connectivity index (χ1v) is 7.31. The van der Waals surface area contributed by atoms with E-state index in [0.29, 0.717) is 0 Å². The van der Waals surface area contributed by atoms with Crippen molar-refractivity contribution >= 4 is 16.0 Å². The van der Waals surface area contributed by atoms with Gasteiger partial charge in [-0.15, -0.1) is 4.31 Å². The summed E-state index contributed by atoms with van der Waals surface area (Å²) in [5, 5.41) is 16.7. The van der Waals surface area contributed by atoms with E-state index in [1.165, 1.54) is 30.5 Å². The molecule has 0 atom stereocenters. The second kappa shape index (κ2) is 6.07. The van der Waals surface area contributed by atoms with Crippen molar-refractivity contribution in [3.63, 3.8) is 0 Å². The van der Waals surface area contributed by atoms with Crippen LogP contribution >= 0.6 is 0 Å². The van der Waals surface area contributed by atoms with Gasteiger partial charge in [-0.2, -0.15) is 13.7 Å². The maximum absolute atomic E-state index is 12.3. The molecule has 0 radical (unpaired) electrons. The molecule has 0 aromatic heterocycles. The van der Waals surface area contributed by atoms with E-state index in [2.05, 4.69) is 0 Å². The van der Waals surface area contributed by atoms with Gasteiger partial charge in [0, 0.05) is 0 Å². The summed E-state index contributed by atoms with van der Waals surface area (Å²) >= 11 is 0. The van der Waals surface area contributed by atoms with Crippen molar-refractivity contribution in [1.29, 1.82) is 10.7 Å². The normalized spacial score (nSPS) is 10.4. The van der Waals surface area contributed by atoms with Crippen LogP contribution in [0.4, 0.5) is 0 Å². The number of nitrogens with one attached hydrogen (secondary N) is 1. The molecule has 0 unspecified atom stereocenters. The molecule has 106 valence electrons. The summed E-state index contributed by atoms with van der Waals surface area (Å²) in [4.78, 5) is -0.0899. The third kappa shape index (κ3) is 3.19. The summed E-state index contributed by atoms with van der Waals surface area (Å²) in [6, 6.07) is 14.8. The maximum atomic E-state index is 12.3. The molecule has 21 heavy (non-hydrogen) atoms. The van der Waals surface area contributed by atoms with Gasteiger partial charge >= 0.3 is 6.02 Å². The van der Waals surface area contributed by atoms with Crippen molar-refractivity contribution in [3.05, 3.63) is 60.7 Å². The molecule has 0 aliphatic heterocycles. The lowest BCUT2D eigenvalue weighted by atomic mass is 10.3. The van der Waals surface area contributed by atoms with Crippen molar-refractivity contribution in [3.8, 4) is 11.9 Å². The predicted octanol–water partition coefficient (Wildman–Crippen LogP) is 2.17. The number of ether oxygens (including phenoxy) is 1. The van der Waals surface area contributed by atoms with Crippen LogP contribution in [-0.4, -0.2) is 18.7 Å². The highest BCUT2D eigenvalue weighted by Crippen LogP contribution is 2.17. The zero-order chi connectivity index (χ0) is 15.3. The van der Waals surface area contributed by atoms with Gasteiger partial charge in [-0.3, -0.25) is 0 Å². The molecule has 0 spiro atoms. The summed E-state index contributed by atoms with van der Waals surface area (Å²) in [6.07, 6.45) is 1.46. The monoisotopic (exact) mass is 301 g/mol. The number of hydrogen-bond acceptors (Lipinski definition) is 5. The minimum Gasteiger partial charge on any atom is -0.425 e. The number of hydrogen-bond donors (Lipinski definition) is 1. The van der Waals surface area contributed by atoms with Crippen LogP contribution in [0.25, 0.3) is 0 Å². The molecule has 6 nitrogen and oxygen atoms in total. The van der Waals surface area contributed by atoms with E-state index in [1.807, 2.05) is 0 Å². The van der Waals surface area contributed by atoms with Gasteiger partial charge < -0.3 is 4.74 Å². The topological polar surface area (TPSA) is 94.2 Å². The number of benzene rings is 2. The Morgan fingerprint density at radius 1 is 1.05 bits per heavy atom. The van der Waals surface area contributed by atoms with Gasteiger partial charge in [0.2, 0.25) is 6.19 Å². The van der Waals surface area contributed by atoms with Crippen LogP contribution in [0.2, 0.25) is 0 Å². The first-order chi connectivity index (χ1) is 10.1. The van der Waals surface area contributed by atoms with Crippen molar-refractivity contribution in [2.24, 2.45) is 0 Å². The van der Waals surface area contributed by atoms with Crippen molar-refractivity contribution in [2.45, 2.75) is 4.90 Å². The van der Waals surface area contributed by atoms with Crippen molar-refractivity contribution < 1.29 is 13.2 Å². The third-order valence-electron chi connectivity index (χ3n) is 2.51. The first kappa shape index (κ1) is 14.6. The number of sulfonamides is 1. The molecule has 0 bridgehead atoms. The number of nitrogens with zero attached hydrogens (tertiary/aromatic N) is 2. The van der Waals surface area contributed by atoms with Crippen molar-refractivity contribution in [2.75, 3.05) is 0 Å². The van der Waals surface area contributed by atoms with E-state index in [-0.39, 0.29) is 15.0 Å². The third-order valence-corrected chi connectivity index (χ3v) is 4.11. The molecule has 7 heteroatoms. The van der Waals surface area contributed by atoms with E-state index < -0.39 is 16.0 Å². The molecule has 0 heterocycles. The van der Waals surface area contributed by atoms with E-state index in [1.54, 1.807) is 36.4 Å². The maximum Gasteiger partial charge on any atom is 0.318 e. The van der Waals surface area contributed by atoms with Gasteiger partial charge in [0.1, 0.15) is 5.75 Å². The molecule has 2 aromatic rings. The van der Waals surface area contributed by atoms with E-state index in [0.717, 1.165) is 0 Å². The highest BCUT2D eigenvalue weighted by atomic mass is 32.2. The van der Waals surface area contributed by atoms with Crippen LogP contribution in [0, 0.1) is 16.9 Å². The van der Waals surface area contributed by atoms with Crippen LogP contribution < -0.4 is 4.74 Å². The van der Waals surface area contributed by atoms with Gasteiger partial charge in [-0.05, 0) is 24.3 Å². The average molecular weight is 301 g/mol. The Morgan fingerprint density at radius 2 is 1.57 bits per heavy atom. The smallest absolute Gasteiger partial charge is 0.318 e. The van der Waals surface area contributed by atoms with Crippen molar-refractivity contribution in [1.82, 2.24) is 4.31 Å². The second-order valence-corrected chi connectivity index (χ2v) is 5.69. The molecular formula is C14H11N3O3S. The summed E-state index contributed by atoms with van der Waals surface area (Å²) in [6.45, 7) is 0. The fraction of sp³-hybridized carbons (Fsp3) is 0. The van der Waals surface area contributed by atoms with Gasteiger partial charge in [-0.25, -0.2) is 5.41 Å². The largest absolute Gasteiger partial charge is 0.425 e. The quantitative estimate of drug-likeness (QED) is 0.407. The van der Waals surface area contributed by atoms with E-state index in [4.69, 9.17) is 15.4 Å². The molecule has 2 aromatic carbocycles. The first-order valence-electron chi connectivity index (χ1n) is 5.87. The van der Waals surface area contributed by atoms with Gasteiger partial charge in [0.15, 0.2) is 0 Å². The lowest BCUT2D eigenvalue weighted by Crippen LogP contribution is -2.35. The summed E-state index contributed by atoms with van der Waals surface area (Å²) in [5.41, 5.74) is 0. The highest BCUT2D eigenvalue weighted by Gasteiger charge is 2.28. The Labute approximate surface area is 122 Å². The Kier molecular flexibility index (Phi) is 4.21. The fourth-order valence-electron chi connectivity index (χ4n) is 1.55. The summed E-state index contributed by atoms with van der Waals surface area (Å²) in [5.74, 6) is 0.269. The van der Waals surface area contributed by atoms with Crippen LogP contribution in [-0.2, 0) is 10.0 Å². The van der Waals surface area contributed by atoms with E-state index in [9.17, 15) is 8.42 Å². The molecule has 0 saturated heterocycles. The number of para-hydroxylation sites is 1. The minimum absolute atomic E-state index is 0.0899. The molecule has 0 aliphatic rings.